The Morgan fingerprint density at radius 2 is 1.55 bits per heavy atom. The zero-order valence-electron chi connectivity index (χ0n) is 23.1. The number of aryl methyl sites for hydroxylation is 1. The highest BCUT2D eigenvalue weighted by molar-refractivity contribution is 7.92. The van der Waals surface area contributed by atoms with Gasteiger partial charge in [0.05, 0.1) is 10.6 Å². The second-order valence-corrected chi connectivity index (χ2v) is 11.8. The molecule has 1 N–H and O–H groups in total. The molecule has 0 aromatic heterocycles. The third kappa shape index (κ3) is 7.65. The van der Waals surface area contributed by atoms with Crippen LogP contribution in [-0.2, 0) is 26.2 Å². The van der Waals surface area contributed by atoms with Crippen molar-refractivity contribution >= 4 is 27.5 Å². The lowest BCUT2D eigenvalue weighted by atomic mass is 10.1. The van der Waals surface area contributed by atoms with Crippen molar-refractivity contribution in [1.29, 1.82) is 0 Å². The Kier molecular flexibility index (Phi) is 10.4. The highest BCUT2D eigenvalue weighted by Crippen LogP contribution is 2.27. The van der Waals surface area contributed by atoms with Crippen LogP contribution in [0.5, 0.6) is 0 Å². The first-order valence-corrected chi connectivity index (χ1v) is 14.5. The molecule has 0 aliphatic rings. The van der Waals surface area contributed by atoms with Crippen molar-refractivity contribution in [3.8, 4) is 0 Å². The number of nitrogens with one attached hydrogen (secondary N) is 1. The van der Waals surface area contributed by atoms with Crippen LogP contribution in [0.2, 0.25) is 0 Å². The number of carbonyl (C=O) groups excluding carboxylic acids is 2. The van der Waals surface area contributed by atoms with Crippen LogP contribution < -0.4 is 9.62 Å². The van der Waals surface area contributed by atoms with Crippen molar-refractivity contribution in [3.05, 3.63) is 95.6 Å². The van der Waals surface area contributed by atoms with E-state index in [9.17, 15) is 26.8 Å². The highest BCUT2D eigenvalue weighted by Gasteiger charge is 2.34. The fourth-order valence-electron chi connectivity index (χ4n) is 4.13. The molecule has 0 unspecified atom stereocenters. The Labute approximate surface area is 234 Å². The monoisotopic (exact) mass is 571 g/mol. The normalized spacial score (nSPS) is 12.2. The fourth-order valence-corrected chi connectivity index (χ4v) is 5.56. The Morgan fingerprint density at radius 1 is 0.925 bits per heavy atom. The van der Waals surface area contributed by atoms with Gasteiger partial charge in [0.1, 0.15) is 24.2 Å². The molecule has 0 bridgehead atoms. The third-order valence-electron chi connectivity index (χ3n) is 6.35. The number of para-hydroxylation sites is 1. The maximum atomic E-state index is 15.0. The highest BCUT2D eigenvalue weighted by atomic mass is 32.2. The standard InChI is InChI=1S/C30H35F2N3O4S/c1-5-27(30(37)33-18-21(2)3)34(19-23-12-14-24(31)15-13-23)29(36)20-35(28-9-7-6-8-26(28)32)40(38,39)25-16-10-22(4)11-17-25/h6-17,21,27H,5,18-20H2,1-4H3,(H,33,37)/t27-/m0/s1. The topological polar surface area (TPSA) is 86.8 Å². The van der Waals surface area contributed by atoms with Gasteiger partial charge in [0.25, 0.3) is 10.0 Å². The number of halogens is 2. The quantitative estimate of drug-likeness (QED) is 0.330. The molecule has 0 spiro atoms. The van der Waals surface area contributed by atoms with Crippen molar-refractivity contribution in [3.63, 3.8) is 0 Å². The zero-order valence-corrected chi connectivity index (χ0v) is 23.9. The average molecular weight is 572 g/mol. The summed E-state index contributed by atoms with van der Waals surface area (Å²) >= 11 is 0. The van der Waals surface area contributed by atoms with E-state index < -0.39 is 46.1 Å². The fraction of sp³-hybridized carbons (Fsp3) is 0.333. The van der Waals surface area contributed by atoms with Crippen LogP contribution in [0.3, 0.4) is 0 Å². The Bertz CT molecular complexity index is 1410. The van der Waals surface area contributed by atoms with Crippen LogP contribution >= 0.6 is 0 Å². The minimum atomic E-state index is -4.38. The molecule has 2 amide bonds. The Balaban J connectivity index is 2.05. The molecular weight excluding hydrogens is 536 g/mol. The number of carbonyl (C=O) groups is 2. The van der Waals surface area contributed by atoms with Gasteiger partial charge in [0, 0.05) is 13.1 Å². The molecule has 0 aliphatic heterocycles. The second-order valence-electron chi connectivity index (χ2n) is 9.99. The van der Waals surface area contributed by atoms with E-state index >= 15 is 0 Å². The van der Waals surface area contributed by atoms with Crippen LogP contribution in [0.15, 0.2) is 77.7 Å². The summed E-state index contributed by atoms with van der Waals surface area (Å²) in [6.07, 6.45) is 0.237. The van der Waals surface area contributed by atoms with E-state index in [-0.39, 0.29) is 29.5 Å². The minimum Gasteiger partial charge on any atom is -0.354 e. The first-order valence-electron chi connectivity index (χ1n) is 13.1. The lowest BCUT2D eigenvalue weighted by Crippen LogP contribution is -2.52. The van der Waals surface area contributed by atoms with Gasteiger partial charge in [-0.15, -0.1) is 0 Å². The predicted octanol–water partition coefficient (Wildman–Crippen LogP) is 5.05. The molecular formula is C30H35F2N3O4S. The molecule has 0 radical (unpaired) electrons. The number of hydrogen-bond donors (Lipinski definition) is 1. The van der Waals surface area contributed by atoms with E-state index in [0.29, 0.717) is 12.1 Å². The van der Waals surface area contributed by atoms with Gasteiger partial charge in [-0.25, -0.2) is 17.2 Å². The average Bonchev–Trinajstić information content (AvgIpc) is 2.92. The molecule has 0 fully saturated rings. The van der Waals surface area contributed by atoms with Gasteiger partial charge in [-0.05, 0) is 61.2 Å². The van der Waals surface area contributed by atoms with Gasteiger partial charge in [0.15, 0.2) is 0 Å². The van der Waals surface area contributed by atoms with Crippen molar-refractivity contribution in [2.75, 3.05) is 17.4 Å². The van der Waals surface area contributed by atoms with Crippen molar-refractivity contribution < 1.29 is 26.8 Å². The smallest absolute Gasteiger partial charge is 0.264 e. The summed E-state index contributed by atoms with van der Waals surface area (Å²) in [6.45, 7) is 6.96. The van der Waals surface area contributed by atoms with Gasteiger partial charge in [-0.2, -0.15) is 0 Å². The molecule has 3 rings (SSSR count). The summed E-state index contributed by atoms with van der Waals surface area (Å²) < 4.78 is 56.8. The predicted molar refractivity (Wildman–Crippen MR) is 151 cm³/mol. The SMILES string of the molecule is CC[C@@H](C(=O)NCC(C)C)N(Cc1ccc(F)cc1)C(=O)CN(c1ccccc1F)S(=O)(=O)c1ccc(C)cc1. The van der Waals surface area contributed by atoms with E-state index in [1.165, 1.54) is 59.5 Å². The summed E-state index contributed by atoms with van der Waals surface area (Å²) in [4.78, 5) is 28.3. The first kappa shape index (κ1) is 30.7. The molecule has 0 saturated carbocycles. The molecule has 0 aliphatic carbocycles. The maximum absolute atomic E-state index is 15.0. The molecule has 10 heteroatoms. The summed E-state index contributed by atoms with van der Waals surface area (Å²) in [6, 6.07) is 15.8. The summed E-state index contributed by atoms with van der Waals surface area (Å²) in [5.41, 5.74) is 1.08. The van der Waals surface area contributed by atoms with Crippen molar-refractivity contribution in [2.45, 2.75) is 51.6 Å². The largest absolute Gasteiger partial charge is 0.354 e. The Morgan fingerprint density at radius 3 is 2.12 bits per heavy atom. The zero-order chi connectivity index (χ0) is 29.4. The molecule has 0 heterocycles. The lowest BCUT2D eigenvalue weighted by Gasteiger charge is -2.33. The first-order chi connectivity index (χ1) is 18.9. The number of benzene rings is 3. The summed E-state index contributed by atoms with van der Waals surface area (Å²) in [5.74, 6) is -2.23. The molecule has 0 saturated heterocycles. The minimum absolute atomic E-state index is 0.0809. The Hall–Kier alpha value is -3.79. The van der Waals surface area contributed by atoms with E-state index in [0.717, 1.165) is 15.9 Å². The van der Waals surface area contributed by atoms with Crippen LogP contribution in [0, 0.1) is 24.5 Å². The van der Waals surface area contributed by atoms with E-state index in [2.05, 4.69) is 5.32 Å². The number of anilines is 1. The van der Waals surface area contributed by atoms with Gasteiger partial charge >= 0.3 is 0 Å². The lowest BCUT2D eigenvalue weighted by molar-refractivity contribution is -0.140. The van der Waals surface area contributed by atoms with Gasteiger partial charge in [0.2, 0.25) is 11.8 Å². The van der Waals surface area contributed by atoms with Gasteiger partial charge < -0.3 is 10.2 Å². The third-order valence-corrected chi connectivity index (χ3v) is 8.12. The van der Waals surface area contributed by atoms with E-state index in [4.69, 9.17) is 0 Å². The maximum Gasteiger partial charge on any atom is 0.264 e. The molecule has 3 aromatic carbocycles. The number of hydrogen-bond acceptors (Lipinski definition) is 4. The van der Waals surface area contributed by atoms with Crippen molar-refractivity contribution in [1.82, 2.24) is 10.2 Å². The summed E-state index contributed by atoms with van der Waals surface area (Å²) in [7, 11) is -4.38. The molecule has 1 atom stereocenters. The van der Waals surface area contributed by atoms with Gasteiger partial charge in [-0.3, -0.25) is 13.9 Å². The second kappa shape index (κ2) is 13.5. The number of amides is 2. The van der Waals surface area contributed by atoms with Crippen LogP contribution in [0.1, 0.15) is 38.3 Å². The van der Waals surface area contributed by atoms with Crippen molar-refractivity contribution in [2.24, 2.45) is 5.92 Å². The number of nitrogens with zero attached hydrogens (tertiary/aromatic N) is 2. The number of sulfonamides is 1. The van der Waals surface area contributed by atoms with E-state index in [1.54, 1.807) is 26.0 Å². The number of rotatable bonds is 12. The summed E-state index contributed by atoms with van der Waals surface area (Å²) in [5, 5.41) is 2.83. The van der Waals surface area contributed by atoms with Crippen LogP contribution in [0.4, 0.5) is 14.5 Å². The van der Waals surface area contributed by atoms with E-state index in [1.807, 2.05) is 13.8 Å². The molecule has 3 aromatic rings. The molecule has 214 valence electrons. The van der Waals surface area contributed by atoms with Crippen LogP contribution in [0.25, 0.3) is 0 Å². The van der Waals surface area contributed by atoms with Crippen LogP contribution in [-0.4, -0.2) is 44.3 Å². The molecule has 40 heavy (non-hydrogen) atoms. The molecule has 7 nitrogen and oxygen atoms in total. The van der Waals surface area contributed by atoms with Gasteiger partial charge in [-0.1, -0.05) is 62.7 Å².